The maximum Gasteiger partial charge on any atom is 0.327 e. The van der Waals surface area contributed by atoms with Gasteiger partial charge in [0, 0.05) is 12.2 Å². The lowest BCUT2D eigenvalue weighted by Gasteiger charge is -2.25. The third kappa shape index (κ3) is 7.02. The van der Waals surface area contributed by atoms with Gasteiger partial charge in [-0.1, -0.05) is 0 Å². The zero-order valence-corrected chi connectivity index (χ0v) is 24.7. The number of esters is 1. The van der Waals surface area contributed by atoms with Crippen molar-refractivity contribution in [3.8, 4) is 11.8 Å². The Hall–Kier alpha value is -3.15. The van der Waals surface area contributed by atoms with Gasteiger partial charge in [0.05, 0.1) is 37.9 Å². The number of methoxy groups -OCH3 is 1. The SMILES string of the molecule is COc1nc(N)nc2c1ncn2C1OC(COP(=O)(NC(C)C(=O)OC(C)C)SCc2[nH]c(=O)[nH]c2O)CC1(C)O. The fourth-order valence-electron chi connectivity index (χ4n) is 4.20. The van der Waals surface area contributed by atoms with Gasteiger partial charge < -0.3 is 39.7 Å². The Bertz CT molecular complexity index is 1510. The van der Waals surface area contributed by atoms with Crippen molar-refractivity contribution in [2.75, 3.05) is 19.5 Å². The van der Waals surface area contributed by atoms with Crippen LogP contribution in [0.1, 0.15) is 46.0 Å². The van der Waals surface area contributed by atoms with Crippen molar-refractivity contribution in [3.63, 3.8) is 0 Å². The number of rotatable bonds is 12. The molecule has 1 fully saturated rings. The van der Waals surface area contributed by atoms with Gasteiger partial charge >= 0.3 is 18.4 Å². The van der Waals surface area contributed by atoms with Crippen LogP contribution in [0.4, 0.5) is 5.95 Å². The molecular formula is C22H33N8O9PS. The van der Waals surface area contributed by atoms with Gasteiger partial charge in [0.15, 0.2) is 17.4 Å². The molecule has 41 heavy (non-hydrogen) atoms. The van der Waals surface area contributed by atoms with Gasteiger partial charge in [0.1, 0.15) is 11.6 Å². The van der Waals surface area contributed by atoms with Crippen LogP contribution in [0.2, 0.25) is 0 Å². The minimum atomic E-state index is -3.89. The van der Waals surface area contributed by atoms with Crippen LogP contribution >= 0.6 is 18.1 Å². The van der Waals surface area contributed by atoms with E-state index in [1.807, 2.05) is 0 Å². The highest BCUT2D eigenvalue weighted by molar-refractivity contribution is 8.55. The molecule has 1 saturated heterocycles. The molecule has 4 rings (SSSR count). The van der Waals surface area contributed by atoms with Crippen molar-refractivity contribution in [2.24, 2.45) is 0 Å². The maximum atomic E-state index is 13.9. The Labute approximate surface area is 237 Å². The number of carbonyl (C=O) groups excluding carboxylic acids is 1. The highest BCUT2D eigenvalue weighted by Crippen LogP contribution is 2.58. The van der Waals surface area contributed by atoms with Crippen molar-refractivity contribution in [1.82, 2.24) is 34.6 Å². The summed E-state index contributed by atoms with van der Waals surface area (Å²) in [5.74, 6) is -1.08. The highest BCUT2D eigenvalue weighted by Gasteiger charge is 2.46. The van der Waals surface area contributed by atoms with Crippen molar-refractivity contribution >= 4 is 41.2 Å². The Morgan fingerprint density at radius 2 is 2.12 bits per heavy atom. The lowest BCUT2D eigenvalue weighted by molar-refractivity contribution is -0.149. The smallest absolute Gasteiger partial charge is 0.327 e. The van der Waals surface area contributed by atoms with E-state index in [-0.39, 0.29) is 41.9 Å². The molecule has 3 aromatic rings. The number of aromatic amines is 2. The lowest BCUT2D eigenvalue weighted by Crippen LogP contribution is -2.35. The summed E-state index contributed by atoms with van der Waals surface area (Å²) in [6.07, 6.45) is -0.619. The van der Waals surface area contributed by atoms with Crippen LogP contribution in [-0.2, 0) is 29.1 Å². The largest absolute Gasteiger partial charge is 0.493 e. The number of H-pyrrole nitrogens is 2. The second kappa shape index (κ2) is 12.0. The number of ether oxygens (including phenoxy) is 3. The molecule has 0 amide bonds. The van der Waals surface area contributed by atoms with Crippen molar-refractivity contribution in [1.29, 1.82) is 0 Å². The van der Waals surface area contributed by atoms with Crippen LogP contribution < -0.4 is 21.2 Å². The Balaban J connectivity index is 1.51. The number of nitrogens with two attached hydrogens (primary N) is 1. The van der Waals surface area contributed by atoms with Crippen LogP contribution in [0.15, 0.2) is 11.1 Å². The topological polar surface area (TPSA) is 242 Å². The molecule has 19 heteroatoms. The van der Waals surface area contributed by atoms with Gasteiger partial charge in [0.2, 0.25) is 17.7 Å². The third-order valence-electron chi connectivity index (χ3n) is 6.00. The highest BCUT2D eigenvalue weighted by atomic mass is 32.7. The zero-order valence-electron chi connectivity index (χ0n) is 23.0. The molecule has 0 bridgehead atoms. The van der Waals surface area contributed by atoms with Gasteiger partial charge in [0.25, 0.3) is 0 Å². The molecular weight excluding hydrogens is 583 g/mol. The van der Waals surface area contributed by atoms with Crippen LogP contribution in [0.5, 0.6) is 11.8 Å². The first-order chi connectivity index (χ1) is 19.2. The number of aliphatic hydroxyl groups is 1. The number of fused-ring (bicyclic) bond motifs is 1. The summed E-state index contributed by atoms with van der Waals surface area (Å²) < 4.78 is 37.7. The summed E-state index contributed by atoms with van der Waals surface area (Å²) in [6, 6.07) is -1.02. The number of carbonyl (C=O) groups is 1. The molecule has 0 aliphatic carbocycles. The fraction of sp³-hybridized carbons (Fsp3) is 0.591. The predicted octanol–water partition coefficient (Wildman–Crippen LogP) is 1.17. The molecule has 0 aromatic carbocycles. The number of hydrogen-bond acceptors (Lipinski definition) is 14. The molecule has 0 saturated carbocycles. The predicted molar refractivity (Wildman–Crippen MR) is 147 cm³/mol. The summed E-state index contributed by atoms with van der Waals surface area (Å²) in [5.41, 5.74) is 4.43. The van der Waals surface area contributed by atoms with E-state index in [2.05, 4.69) is 30.0 Å². The molecule has 3 aromatic heterocycles. The van der Waals surface area contributed by atoms with Gasteiger partial charge in [-0.3, -0.25) is 18.9 Å². The molecule has 17 nitrogen and oxygen atoms in total. The van der Waals surface area contributed by atoms with E-state index >= 15 is 0 Å². The molecule has 1 aliphatic heterocycles. The number of aromatic hydroxyl groups is 1. The third-order valence-corrected chi connectivity index (χ3v) is 9.99. The van der Waals surface area contributed by atoms with Gasteiger partial charge in [-0.25, -0.2) is 14.9 Å². The molecule has 1 aliphatic rings. The monoisotopic (exact) mass is 616 g/mol. The quantitative estimate of drug-likeness (QED) is 0.124. The number of nitrogens with zero attached hydrogens (tertiary/aromatic N) is 4. The number of nitrogens with one attached hydrogen (secondary N) is 3. The molecule has 5 unspecified atom stereocenters. The standard InChI is InChI=1S/C22H33N8O9PS/c1-10(2)38-18(32)11(3)29-40(35,41-8-13-16(31)27-21(33)25-13)37-7-12-6-22(4,34)19(39-12)30-9-24-14-15(30)26-20(23)28-17(14)36-5/h9-12,19,31,34H,6-8H2,1-5H3,(H,29,35)(H2,23,26,28)(H2,25,27,33). The number of aromatic nitrogens is 6. The van der Waals surface area contributed by atoms with Crippen molar-refractivity contribution in [2.45, 2.75) is 69.9 Å². The zero-order chi connectivity index (χ0) is 30.1. The van der Waals surface area contributed by atoms with Crippen LogP contribution in [0.3, 0.4) is 0 Å². The summed E-state index contributed by atoms with van der Waals surface area (Å²) >= 11 is 0.745. The maximum absolute atomic E-state index is 13.9. The lowest BCUT2D eigenvalue weighted by atomic mass is 10.0. The first-order valence-electron chi connectivity index (χ1n) is 12.5. The molecule has 4 heterocycles. The first kappa shape index (κ1) is 30.8. The molecule has 0 spiro atoms. The average molecular weight is 617 g/mol. The minimum absolute atomic E-state index is 0.0578. The van der Waals surface area contributed by atoms with Gasteiger partial charge in [-0.05, 0) is 39.1 Å². The minimum Gasteiger partial charge on any atom is -0.493 e. The molecule has 5 atom stereocenters. The first-order valence-corrected chi connectivity index (χ1v) is 15.7. The molecule has 7 N–H and O–H groups in total. The van der Waals surface area contributed by atoms with E-state index in [9.17, 15) is 24.4 Å². The van der Waals surface area contributed by atoms with Gasteiger partial charge in [-0.2, -0.15) is 9.97 Å². The number of imidazole rings is 2. The molecule has 226 valence electrons. The van der Waals surface area contributed by atoms with Crippen molar-refractivity contribution in [3.05, 3.63) is 22.5 Å². The van der Waals surface area contributed by atoms with Crippen LogP contribution in [-0.4, -0.2) is 83.2 Å². The fourth-order valence-corrected chi connectivity index (χ4v) is 7.88. The molecule has 0 radical (unpaired) electrons. The second-order valence-corrected chi connectivity index (χ2v) is 14.2. The summed E-state index contributed by atoms with van der Waals surface area (Å²) in [7, 11) is 1.42. The summed E-state index contributed by atoms with van der Waals surface area (Å²) in [5, 5.41) is 23.8. The van der Waals surface area contributed by atoms with E-state index in [1.54, 1.807) is 20.8 Å². The summed E-state index contributed by atoms with van der Waals surface area (Å²) in [4.78, 5) is 41.0. The van der Waals surface area contributed by atoms with Crippen molar-refractivity contribution < 1.29 is 38.3 Å². The average Bonchev–Trinajstić information content (AvgIpc) is 3.53. The van der Waals surface area contributed by atoms with E-state index in [0.717, 1.165) is 11.4 Å². The van der Waals surface area contributed by atoms with E-state index in [4.69, 9.17) is 24.5 Å². The summed E-state index contributed by atoms with van der Waals surface area (Å²) in [6.45, 7) is 2.25. The van der Waals surface area contributed by atoms with E-state index in [0.29, 0.717) is 5.52 Å². The Kier molecular flexibility index (Phi) is 9.01. The Morgan fingerprint density at radius 1 is 1.39 bits per heavy atom. The van der Waals surface area contributed by atoms with Crippen LogP contribution in [0, 0.1) is 0 Å². The van der Waals surface area contributed by atoms with E-state index < -0.39 is 54.3 Å². The second-order valence-electron chi connectivity index (χ2n) is 9.90. The van der Waals surface area contributed by atoms with E-state index in [1.165, 1.54) is 24.9 Å². The normalized spacial score (nSPS) is 23.1. The number of anilines is 1. The van der Waals surface area contributed by atoms with Crippen LogP contribution in [0.25, 0.3) is 11.2 Å². The van der Waals surface area contributed by atoms with Gasteiger partial charge in [-0.15, -0.1) is 0 Å². The Morgan fingerprint density at radius 3 is 2.76 bits per heavy atom. The number of hydrogen-bond donors (Lipinski definition) is 6. The number of nitrogen functional groups attached to an aromatic ring is 1.